The second-order valence-corrected chi connectivity index (χ2v) is 8.73. The molecule has 1 atom stereocenters. The van der Waals surface area contributed by atoms with Gasteiger partial charge in [-0.05, 0) is 34.9 Å². The molecule has 0 saturated heterocycles. The summed E-state index contributed by atoms with van der Waals surface area (Å²) in [4.78, 5) is 4.96. The number of ether oxygens (including phenoxy) is 1. The van der Waals surface area contributed by atoms with Crippen LogP contribution in [0.4, 0.5) is 0 Å². The Kier molecular flexibility index (Phi) is 6.20. The van der Waals surface area contributed by atoms with Crippen LogP contribution >= 0.6 is 23.5 Å². The average molecular weight is 404 g/mol. The molecule has 28 heavy (non-hydrogen) atoms. The van der Waals surface area contributed by atoms with E-state index in [2.05, 4.69) is 72.8 Å². The second-order valence-electron chi connectivity index (χ2n) is 6.38. The molecule has 0 N–H and O–H groups in total. The highest BCUT2D eigenvalue weighted by atomic mass is 32.2. The molecule has 0 saturated carbocycles. The Morgan fingerprint density at radius 3 is 2.25 bits per heavy atom. The van der Waals surface area contributed by atoms with E-state index in [1.54, 1.807) is 18.9 Å². The van der Waals surface area contributed by atoms with E-state index in [0.717, 1.165) is 27.1 Å². The van der Waals surface area contributed by atoms with Crippen molar-refractivity contribution in [2.24, 2.45) is 4.99 Å². The van der Waals surface area contributed by atoms with Gasteiger partial charge in [0.05, 0.1) is 18.1 Å². The fraction of sp³-hybridized carbons (Fsp3) is 0.125. The van der Waals surface area contributed by atoms with Crippen molar-refractivity contribution in [1.82, 2.24) is 0 Å². The van der Waals surface area contributed by atoms with E-state index >= 15 is 0 Å². The summed E-state index contributed by atoms with van der Waals surface area (Å²) < 4.78 is 6.41. The maximum absolute atomic E-state index is 5.31. The lowest BCUT2D eigenvalue weighted by molar-refractivity contribution is 0.414. The van der Waals surface area contributed by atoms with Gasteiger partial charge in [0.15, 0.2) is 0 Å². The Morgan fingerprint density at radius 2 is 1.57 bits per heavy atom. The van der Waals surface area contributed by atoms with Crippen LogP contribution in [0.3, 0.4) is 0 Å². The zero-order valence-corrected chi connectivity index (χ0v) is 17.2. The summed E-state index contributed by atoms with van der Waals surface area (Å²) in [6.45, 7) is 0. The van der Waals surface area contributed by atoms with Crippen LogP contribution in [0.2, 0.25) is 0 Å². The summed E-state index contributed by atoms with van der Waals surface area (Å²) in [7, 11) is 1.70. The smallest absolute Gasteiger partial charge is 0.131 e. The van der Waals surface area contributed by atoms with Crippen LogP contribution in [-0.2, 0) is 5.75 Å². The molecule has 1 aliphatic rings. The van der Waals surface area contributed by atoms with Gasteiger partial charge in [0.1, 0.15) is 10.1 Å². The first kappa shape index (κ1) is 18.9. The zero-order valence-electron chi connectivity index (χ0n) is 15.6. The third-order valence-corrected chi connectivity index (χ3v) is 6.88. The Bertz CT molecular complexity index is 967. The first-order chi connectivity index (χ1) is 13.8. The van der Waals surface area contributed by atoms with Gasteiger partial charge in [-0.2, -0.15) is 0 Å². The summed E-state index contributed by atoms with van der Waals surface area (Å²) in [5.41, 5.74) is 4.76. The summed E-state index contributed by atoms with van der Waals surface area (Å²) in [6, 6.07) is 29.3. The van der Waals surface area contributed by atoms with E-state index in [-0.39, 0.29) is 5.25 Å². The summed E-state index contributed by atoms with van der Waals surface area (Å²) in [5, 5.41) is 0.233. The number of hydrogen-bond donors (Lipinski definition) is 0. The highest BCUT2D eigenvalue weighted by molar-refractivity contribution is 8.38. The van der Waals surface area contributed by atoms with Crippen LogP contribution in [0.25, 0.3) is 5.70 Å². The molecular weight excluding hydrogens is 382 g/mol. The molecular formula is C24H21NOS2. The predicted molar refractivity (Wildman–Crippen MR) is 123 cm³/mol. The molecule has 0 bridgehead atoms. The largest absolute Gasteiger partial charge is 0.497 e. The van der Waals surface area contributed by atoms with Crippen molar-refractivity contribution in [2.45, 2.75) is 11.0 Å². The van der Waals surface area contributed by atoms with Crippen LogP contribution in [0.5, 0.6) is 5.75 Å². The van der Waals surface area contributed by atoms with Crippen LogP contribution in [0.1, 0.15) is 21.9 Å². The summed E-state index contributed by atoms with van der Waals surface area (Å²) in [6.07, 6.45) is 2.26. The lowest BCUT2D eigenvalue weighted by atomic mass is 10.1. The number of thioether (sulfide) groups is 2. The Balaban J connectivity index is 1.60. The molecule has 0 aromatic heterocycles. The molecule has 2 nitrogen and oxygen atoms in total. The van der Waals surface area contributed by atoms with Crippen LogP contribution in [-0.4, -0.2) is 11.5 Å². The lowest BCUT2D eigenvalue weighted by Crippen LogP contribution is -2.03. The monoisotopic (exact) mass is 403 g/mol. The molecule has 0 amide bonds. The van der Waals surface area contributed by atoms with Crippen molar-refractivity contribution in [3.8, 4) is 5.75 Å². The molecule has 3 aromatic rings. The number of methoxy groups -OCH3 is 1. The van der Waals surface area contributed by atoms with E-state index < -0.39 is 0 Å². The zero-order chi connectivity index (χ0) is 19.2. The Labute approximate surface area is 174 Å². The van der Waals surface area contributed by atoms with Gasteiger partial charge in [-0.25, -0.2) is 4.99 Å². The van der Waals surface area contributed by atoms with E-state index in [0.29, 0.717) is 0 Å². The molecule has 0 radical (unpaired) electrons. The maximum Gasteiger partial charge on any atom is 0.131 e. The van der Waals surface area contributed by atoms with Crippen molar-refractivity contribution < 1.29 is 4.74 Å². The molecule has 3 aromatic carbocycles. The lowest BCUT2D eigenvalue weighted by Gasteiger charge is -2.21. The van der Waals surface area contributed by atoms with Gasteiger partial charge < -0.3 is 4.74 Å². The molecule has 0 fully saturated rings. The number of rotatable bonds is 5. The van der Waals surface area contributed by atoms with Crippen molar-refractivity contribution >= 4 is 33.6 Å². The standard InChI is InChI=1S/C24H21NOS2/c1-26-21-14-12-20(13-15-21)23-16-22(19-10-6-3-7-11-19)25-24(28-23)27-17-18-8-4-2-5-9-18/h2-16,23H,17H2,1H3. The molecule has 0 spiro atoms. The van der Waals surface area contributed by atoms with Gasteiger partial charge in [0.25, 0.3) is 0 Å². The highest BCUT2D eigenvalue weighted by Gasteiger charge is 2.20. The fourth-order valence-corrected chi connectivity index (χ4v) is 5.23. The summed E-state index contributed by atoms with van der Waals surface area (Å²) >= 11 is 3.61. The highest BCUT2D eigenvalue weighted by Crippen LogP contribution is 2.42. The molecule has 1 unspecified atom stereocenters. The maximum atomic E-state index is 5.31. The van der Waals surface area contributed by atoms with Gasteiger partial charge in [0.2, 0.25) is 0 Å². The van der Waals surface area contributed by atoms with Crippen molar-refractivity contribution in [2.75, 3.05) is 7.11 Å². The predicted octanol–water partition coefficient (Wildman–Crippen LogP) is 6.81. The van der Waals surface area contributed by atoms with Gasteiger partial charge >= 0.3 is 0 Å². The van der Waals surface area contributed by atoms with Crippen molar-refractivity contribution in [3.05, 3.63) is 108 Å². The summed E-state index contributed by atoms with van der Waals surface area (Å²) in [5.74, 6) is 1.80. The van der Waals surface area contributed by atoms with Gasteiger partial charge in [-0.3, -0.25) is 0 Å². The quantitative estimate of drug-likeness (QED) is 0.467. The normalized spacial score (nSPS) is 16.2. The SMILES string of the molecule is COc1ccc(C2C=C(c3ccccc3)N=C(SCc3ccccc3)S2)cc1. The number of nitrogens with zero attached hydrogens (tertiary/aromatic N) is 1. The minimum absolute atomic E-state index is 0.233. The van der Waals surface area contributed by atoms with E-state index in [9.17, 15) is 0 Å². The van der Waals surface area contributed by atoms with Crippen molar-refractivity contribution in [1.29, 1.82) is 0 Å². The fourth-order valence-electron chi connectivity index (χ4n) is 2.96. The topological polar surface area (TPSA) is 21.6 Å². The van der Waals surface area contributed by atoms with Gasteiger partial charge in [-0.1, -0.05) is 96.3 Å². The van der Waals surface area contributed by atoms with Gasteiger partial charge in [0, 0.05) is 5.75 Å². The third kappa shape index (κ3) is 4.70. The first-order valence-corrected chi connectivity index (χ1v) is 11.0. The molecule has 4 rings (SSSR count). The number of aliphatic imine (C=N–C) groups is 1. The minimum atomic E-state index is 0.233. The second kappa shape index (κ2) is 9.18. The van der Waals surface area contributed by atoms with Crippen molar-refractivity contribution in [3.63, 3.8) is 0 Å². The third-order valence-electron chi connectivity index (χ3n) is 4.47. The average Bonchev–Trinajstić information content (AvgIpc) is 2.79. The Hall–Kier alpha value is -2.43. The molecule has 140 valence electrons. The Morgan fingerprint density at radius 1 is 0.893 bits per heavy atom. The molecule has 1 aliphatic heterocycles. The number of benzene rings is 3. The molecule has 0 aliphatic carbocycles. The van der Waals surface area contributed by atoms with E-state index in [1.165, 1.54) is 11.1 Å². The van der Waals surface area contributed by atoms with E-state index in [1.807, 2.05) is 30.0 Å². The minimum Gasteiger partial charge on any atom is -0.497 e. The van der Waals surface area contributed by atoms with E-state index in [4.69, 9.17) is 9.73 Å². The van der Waals surface area contributed by atoms with Crippen LogP contribution < -0.4 is 4.74 Å². The molecule has 1 heterocycles. The van der Waals surface area contributed by atoms with Crippen LogP contribution in [0, 0.1) is 0 Å². The van der Waals surface area contributed by atoms with Crippen LogP contribution in [0.15, 0.2) is 96.0 Å². The molecule has 4 heteroatoms. The number of hydrogen-bond acceptors (Lipinski definition) is 4. The first-order valence-electron chi connectivity index (χ1n) is 9.15. The van der Waals surface area contributed by atoms with Gasteiger partial charge in [-0.15, -0.1) is 0 Å².